The summed E-state index contributed by atoms with van der Waals surface area (Å²) in [5.74, 6) is 1.89. The quantitative estimate of drug-likeness (QED) is 0.586. The number of hydrogen-bond acceptors (Lipinski definition) is 3. The summed E-state index contributed by atoms with van der Waals surface area (Å²) in [7, 11) is 1.55. The highest BCUT2D eigenvalue weighted by Crippen LogP contribution is 2.22. The van der Waals surface area contributed by atoms with Gasteiger partial charge in [0.25, 0.3) is 0 Å². The second kappa shape index (κ2) is 5.44. The van der Waals surface area contributed by atoms with Crippen molar-refractivity contribution in [3.8, 4) is 18.1 Å². The van der Waals surface area contributed by atoms with E-state index in [0.29, 0.717) is 24.5 Å². The highest BCUT2D eigenvalue weighted by molar-refractivity contribution is 6.41. The lowest BCUT2D eigenvalue weighted by atomic mass is 10.2. The topological polar surface area (TPSA) is 49.9 Å². The van der Waals surface area contributed by atoms with Crippen molar-refractivity contribution >= 4 is 17.5 Å². The van der Waals surface area contributed by atoms with Crippen molar-refractivity contribution in [2.75, 3.05) is 31.6 Å². The molecule has 1 heterocycles. The average molecular weight is 258 g/mol. The maximum Gasteiger partial charge on any atom is 0.316 e. The first-order valence-corrected chi connectivity index (χ1v) is 5.85. The van der Waals surface area contributed by atoms with Gasteiger partial charge in [0.1, 0.15) is 5.75 Å². The van der Waals surface area contributed by atoms with E-state index in [9.17, 15) is 9.59 Å². The zero-order chi connectivity index (χ0) is 13.8. The van der Waals surface area contributed by atoms with Gasteiger partial charge >= 0.3 is 11.8 Å². The van der Waals surface area contributed by atoms with Crippen molar-refractivity contribution in [1.82, 2.24) is 4.90 Å². The molecule has 0 atom stereocenters. The summed E-state index contributed by atoms with van der Waals surface area (Å²) in [4.78, 5) is 26.7. The predicted octanol–water partition coefficient (Wildman–Crippen LogP) is 0.504. The molecule has 98 valence electrons. The van der Waals surface area contributed by atoms with E-state index in [1.165, 1.54) is 9.80 Å². The fourth-order valence-electron chi connectivity index (χ4n) is 1.96. The lowest BCUT2D eigenvalue weighted by Crippen LogP contribution is -2.54. The van der Waals surface area contributed by atoms with Gasteiger partial charge in [-0.15, -0.1) is 6.42 Å². The molecule has 0 saturated carbocycles. The third-order valence-corrected chi connectivity index (χ3v) is 2.96. The maximum absolute atomic E-state index is 12.0. The van der Waals surface area contributed by atoms with Crippen LogP contribution in [0.1, 0.15) is 0 Å². The monoisotopic (exact) mass is 258 g/mol. The summed E-state index contributed by atoms with van der Waals surface area (Å²) in [6.07, 6.45) is 5.17. The molecule has 2 amide bonds. The van der Waals surface area contributed by atoms with E-state index in [-0.39, 0.29) is 6.54 Å². The summed E-state index contributed by atoms with van der Waals surface area (Å²) >= 11 is 0. The van der Waals surface area contributed by atoms with E-state index in [0.717, 1.165) is 0 Å². The van der Waals surface area contributed by atoms with Gasteiger partial charge in [0.2, 0.25) is 0 Å². The molecule has 1 aliphatic rings. The van der Waals surface area contributed by atoms with Crippen LogP contribution in [0.5, 0.6) is 5.75 Å². The van der Waals surface area contributed by atoms with Crippen LogP contribution in [0.3, 0.4) is 0 Å². The molecule has 1 aromatic carbocycles. The molecule has 0 aromatic heterocycles. The van der Waals surface area contributed by atoms with Gasteiger partial charge in [-0.05, 0) is 12.1 Å². The molecule has 0 aliphatic carbocycles. The van der Waals surface area contributed by atoms with E-state index < -0.39 is 11.8 Å². The first-order valence-electron chi connectivity index (χ1n) is 5.85. The zero-order valence-electron chi connectivity index (χ0n) is 10.6. The lowest BCUT2D eigenvalue weighted by molar-refractivity contribution is -0.145. The van der Waals surface area contributed by atoms with Gasteiger partial charge in [0, 0.05) is 24.8 Å². The van der Waals surface area contributed by atoms with Gasteiger partial charge in [-0.3, -0.25) is 9.59 Å². The van der Waals surface area contributed by atoms with E-state index >= 15 is 0 Å². The Bertz CT molecular complexity index is 548. The predicted molar refractivity (Wildman–Crippen MR) is 70.8 cm³/mol. The third kappa shape index (κ3) is 2.52. The molecule has 2 rings (SSSR count). The summed E-state index contributed by atoms with van der Waals surface area (Å²) in [5.41, 5.74) is 0.651. The van der Waals surface area contributed by atoms with E-state index in [2.05, 4.69) is 5.92 Å². The Labute approximate surface area is 111 Å². The van der Waals surface area contributed by atoms with Gasteiger partial charge in [-0.25, -0.2) is 0 Å². The number of methoxy groups -OCH3 is 1. The molecular weight excluding hydrogens is 244 g/mol. The van der Waals surface area contributed by atoms with Crippen LogP contribution < -0.4 is 9.64 Å². The van der Waals surface area contributed by atoms with Gasteiger partial charge < -0.3 is 14.5 Å². The normalized spacial score (nSPS) is 15.4. The minimum Gasteiger partial charge on any atom is -0.497 e. The molecule has 1 fully saturated rings. The van der Waals surface area contributed by atoms with Crippen molar-refractivity contribution in [2.24, 2.45) is 0 Å². The maximum atomic E-state index is 12.0. The highest BCUT2D eigenvalue weighted by Gasteiger charge is 2.32. The molecule has 0 radical (unpaired) electrons. The Balaban J connectivity index is 2.21. The van der Waals surface area contributed by atoms with Crippen LogP contribution in [0.4, 0.5) is 5.69 Å². The standard InChI is InChI=1S/C14H14N2O3/c1-3-7-15-8-9-16(14(18)13(15)17)11-5-4-6-12(10-11)19-2/h1,4-6,10H,7-9H2,2H3. The molecule has 5 nitrogen and oxygen atoms in total. The fourth-order valence-corrected chi connectivity index (χ4v) is 1.96. The second-order valence-corrected chi connectivity index (χ2v) is 4.09. The number of carbonyl (C=O) groups excluding carboxylic acids is 2. The highest BCUT2D eigenvalue weighted by atomic mass is 16.5. The summed E-state index contributed by atoms with van der Waals surface area (Å²) in [5, 5.41) is 0. The van der Waals surface area contributed by atoms with Gasteiger partial charge in [-0.2, -0.15) is 0 Å². The number of amides is 2. The first-order chi connectivity index (χ1) is 9.17. The minimum absolute atomic E-state index is 0.163. The largest absolute Gasteiger partial charge is 0.497 e. The van der Waals surface area contributed by atoms with E-state index in [1.54, 1.807) is 31.4 Å². The van der Waals surface area contributed by atoms with Crippen molar-refractivity contribution in [1.29, 1.82) is 0 Å². The van der Waals surface area contributed by atoms with Crippen molar-refractivity contribution in [3.63, 3.8) is 0 Å². The molecule has 1 aromatic rings. The molecule has 0 spiro atoms. The number of carbonyl (C=O) groups is 2. The van der Waals surface area contributed by atoms with E-state index in [4.69, 9.17) is 11.2 Å². The molecular formula is C14H14N2O3. The summed E-state index contributed by atoms with van der Waals surface area (Å²) in [6.45, 7) is 1.03. The Morgan fingerprint density at radius 2 is 2.11 bits per heavy atom. The van der Waals surface area contributed by atoms with Crippen LogP contribution in [-0.4, -0.2) is 43.5 Å². The molecule has 5 heteroatoms. The summed E-state index contributed by atoms with van der Waals surface area (Å²) < 4.78 is 5.11. The molecule has 19 heavy (non-hydrogen) atoms. The van der Waals surface area contributed by atoms with Crippen LogP contribution in [-0.2, 0) is 9.59 Å². The molecule has 0 N–H and O–H groups in total. The van der Waals surface area contributed by atoms with Crippen LogP contribution >= 0.6 is 0 Å². The first kappa shape index (κ1) is 13.0. The Morgan fingerprint density at radius 1 is 1.32 bits per heavy atom. The Hall–Kier alpha value is -2.48. The Kier molecular flexibility index (Phi) is 3.71. The number of nitrogens with zero attached hydrogens (tertiary/aromatic N) is 2. The van der Waals surface area contributed by atoms with Crippen molar-refractivity contribution in [3.05, 3.63) is 24.3 Å². The molecule has 1 aliphatic heterocycles. The number of terminal acetylenes is 1. The molecule has 1 saturated heterocycles. The van der Waals surface area contributed by atoms with Gasteiger partial charge in [-0.1, -0.05) is 12.0 Å². The van der Waals surface area contributed by atoms with Crippen LogP contribution in [0.15, 0.2) is 24.3 Å². The average Bonchev–Trinajstić information content (AvgIpc) is 2.44. The number of piperazine rings is 1. The second-order valence-electron chi connectivity index (χ2n) is 4.09. The van der Waals surface area contributed by atoms with Crippen molar-refractivity contribution in [2.45, 2.75) is 0 Å². The van der Waals surface area contributed by atoms with Crippen LogP contribution in [0.2, 0.25) is 0 Å². The number of benzene rings is 1. The smallest absolute Gasteiger partial charge is 0.316 e. The van der Waals surface area contributed by atoms with Crippen LogP contribution in [0.25, 0.3) is 0 Å². The minimum atomic E-state index is -0.563. The molecule has 0 unspecified atom stereocenters. The number of anilines is 1. The third-order valence-electron chi connectivity index (χ3n) is 2.96. The summed E-state index contributed by atoms with van der Waals surface area (Å²) in [6, 6.07) is 7.05. The fraction of sp³-hybridized carbons (Fsp3) is 0.286. The Morgan fingerprint density at radius 3 is 2.79 bits per heavy atom. The number of rotatable bonds is 3. The SMILES string of the molecule is C#CCN1CCN(c2cccc(OC)c2)C(=O)C1=O. The zero-order valence-corrected chi connectivity index (χ0v) is 10.6. The van der Waals surface area contributed by atoms with Gasteiger partial charge in [0.05, 0.1) is 13.7 Å². The number of hydrogen-bond donors (Lipinski definition) is 0. The molecule has 0 bridgehead atoms. The lowest BCUT2D eigenvalue weighted by Gasteiger charge is -2.32. The van der Waals surface area contributed by atoms with Crippen molar-refractivity contribution < 1.29 is 14.3 Å². The van der Waals surface area contributed by atoms with Gasteiger partial charge in [0.15, 0.2) is 0 Å². The van der Waals surface area contributed by atoms with E-state index in [1.807, 2.05) is 0 Å². The van der Waals surface area contributed by atoms with Crippen LogP contribution in [0, 0.1) is 12.3 Å². The number of ether oxygens (including phenoxy) is 1.